The summed E-state index contributed by atoms with van der Waals surface area (Å²) >= 11 is 0. The van der Waals surface area contributed by atoms with Crippen LogP contribution in [0.2, 0.25) is 0 Å². The van der Waals surface area contributed by atoms with Crippen LogP contribution in [0.1, 0.15) is 0 Å². The van der Waals surface area contributed by atoms with E-state index >= 15 is 0 Å². The third kappa shape index (κ3) is 1.45. The van der Waals surface area contributed by atoms with Gasteiger partial charge in [-0.05, 0) is 0 Å². The minimum Gasteiger partial charge on any atom is -0.311 e. The van der Waals surface area contributed by atoms with Gasteiger partial charge in [0.1, 0.15) is 6.33 Å². The fraction of sp³-hybridized carbons (Fsp3) is 0. The molecule has 0 unspecified atom stereocenters. The molecular weight excluding hydrogens is 120 g/mol. The summed E-state index contributed by atoms with van der Waals surface area (Å²) in [6.45, 7) is 0. The highest BCUT2D eigenvalue weighted by Gasteiger charge is 1.86. The van der Waals surface area contributed by atoms with Crippen molar-refractivity contribution in [3.63, 3.8) is 0 Å². The smallest absolute Gasteiger partial charge is 0.212 e. The summed E-state index contributed by atoms with van der Waals surface area (Å²) < 4.78 is 0. The molecule has 1 heterocycles. The van der Waals surface area contributed by atoms with E-state index in [4.69, 9.17) is 0 Å². The maximum Gasteiger partial charge on any atom is 0.212 e. The van der Waals surface area contributed by atoms with Crippen LogP contribution < -0.4 is 5.32 Å². The van der Waals surface area contributed by atoms with E-state index in [-0.39, 0.29) is 0 Å². The Morgan fingerprint density at radius 1 is 1.67 bits per heavy atom. The molecule has 0 spiro atoms. The summed E-state index contributed by atoms with van der Waals surface area (Å²) in [5.74, 6) is 0.354. The zero-order valence-electron chi connectivity index (χ0n) is 4.48. The summed E-state index contributed by atoms with van der Waals surface area (Å²) in [5, 5.41) is 9.23. The molecule has 0 atom stereocenters. The van der Waals surface area contributed by atoms with Gasteiger partial charge in [-0.2, -0.15) is 0 Å². The number of amides is 1. The molecule has 0 saturated carbocycles. The number of hydrogen-bond donors (Lipinski definition) is 1. The quantitative estimate of drug-likeness (QED) is 0.536. The first-order valence-corrected chi connectivity index (χ1v) is 2.26. The minimum atomic E-state index is 0.354. The summed E-state index contributed by atoms with van der Waals surface area (Å²) in [6.07, 6.45) is 3.21. The second kappa shape index (κ2) is 2.71. The third-order valence-corrected chi connectivity index (χ3v) is 0.687. The van der Waals surface area contributed by atoms with Gasteiger partial charge in [-0.3, -0.25) is 4.79 Å². The maximum absolute atomic E-state index is 9.77. The molecular formula is C4H4N4O. The van der Waals surface area contributed by atoms with Gasteiger partial charge in [0, 0.05) is 0 Å². The lowest BCUT2D eigenvalue weighted by molar-refractivity contribution is -0.105. The molecule has 1 amide bonds. The Hall–Kier alpha value is -1.52. The zero-order chi connectivity index (χ0) is 6.53. The number of rotatable bonds is 2. The number of carbonyl (C=O) groups is 1. The summed E-state index contributed by atoms with van der Waals surface area (Å²) in [6, 6.07) is 0. The van der Waals surface area contributed by atoms with E-state index in [0.29, 0.717) is 12.2 Å². The van der Waals surface area contributed by atoms with Crippen LogP contribution in [0.3, 0.4) is 0 Å². The van der Waals surface area contributed by atoms with E-state index in [1.54, 1.807) is 0 Å². The van der Waals surface area contributed by atoms with E-state index in [0.717, 1.165) is 0 Å². The first kappa shape index (κ1) is 5.61. The van der Waals surface area contributed by atoms with Crippen LogP contribution in [0.25, 0.3) is 0 Å². The summed E-state index contributed by atoms with van der Waals surface area (Å²) in [7, 11) is 0. The molecule has 0 radical (unpaired) electrons. The molecule has 5 nitrogen and oxygen atoms in total. The molecule has 0 aromatic carbocycles. The van der Waals surface area contributed by atoms with Crippen LogP contribution in [-0.2, 0) is 4.79 Å². The predicted molar refractivity (Wildman–Crippen MR) is 29.5 cm³/mol. The topological polar surface area (TPSA) is 67.8 Å². The van der Waals surface area contributed by atoms with Crippen LogP contribution in [0, 0.1) is 0 Å². The first-order valence-electron chi connectivity index (χ1n) is 2.26. The number of carbonyl (C=O) groups excluding carboxylic acids is 1. The van der Waals surface area contributed by atoms with Crippen LogP contribution in [0.5, 0.6) is 0 Å². The molecule has 5 heteroatoms. The Morgan fingerprint density at radius 3 is 3.11 bits per heavy atom. The van der Waals surface area contributed by atoms with Gasteiger partial charge in [0.15, 0.2) is 5.82 Å². The fourth-order valence-electron chi connectivity index (χ4n) is 0.374. The lowest BCUT2D eigenvalue weighted by Crippen LogP contribution is -1.97. The highest BCUT2D eigenvalue weighted by molar-refractivity contribution is 5.67. The SMILES string of the molecule is O=CNc1cncnn1. The molecule has 1 N–H and O–H groups in total. The number of aromatic nitrogens is 3. The van der Waals surface area contributed by atoms with Gasteiger partial charge in [-0.15, -0.1) is 10.2 Å². The Labute approximate surface area is 51.1 Å². The van der Waals surface area contributed by atoms with E-state index in [1.807, 2.05) is 0 Å². The van der Waals surface area contributed by atoms with Crippen molar-refractivity contribution >= 4 is 12.2 Å². The van der Waals surface area contributed by atoms with Gasteiger partial charge < -0.3 is 5.32 Å². The van der Waals surface area contributed by atoms with E-state index in [1.165, 1.54) is 12.5 Å². The normalized spacial score (nSPS) is 8.44. The third-order valence-electron chi connectivity index (χ3n) is 0.687. The van der Waals surface area contributed by atoms with Crippen molar-refractivity contribution in [1.29, 1.82) is 0 Å². The van der Waals surface area contributed by atoms with Gasteiger partial charge in [-0.25, -0.2) is 4.98 Å². The lowest BCUT2D eigenvalue weighted by atomic mass is 10.7. The molecule has 9 heavy (non-hydrogen) atoms. The predicted octanol–water partition coefficient (Wildman–Crippen LogP) is -0.560. The van der Waals surface area contributed by atoms with E-state index < -0.39 is 0 Å². The van der Waals surface area contributed by atoms with Gasteiger partial charge >= 0.3 is 0 Å². The molecule has 1 aromatic heterocycles. The van der Waals surface area contributed by atoms with E-state index in [2.05, 4.69) is 20.5 Å². The fourth-order valence-corrected chi connectivity index (χ4v) is 0.374. The second-order valence-corrected chi connectivity index (χ2v) is 1.26. The van der Waals surface area contributed by atoms with Gasteiger partial charge in [0.25, 0.3) is 0 Å². The van der Waals surface area contributed by atoms with Crippen molar-refractivity contribution < 1.29 is 4.79 Å². The van der Waals surface area contributed by atoms with Crippen molar-refractivity contribution in [2.45, 2.75) is 0 Å². The molecule has 0 aliphatic carbocycles. The maximum atomic E-state index is 9.77. The summed E-state index contributed by atoms with van der Waals surface area (Å²) in [5.41, 5.74) is 0. The Kier molecular flexibility index (Phi) is 1.69. The van der Waals surface area contributed by atoms with Crippen LogP contribution in [-0.4, -0.2) is 21.6 Å². The molecule has 1 rings (SSSR count). The van der Waals surface area contributed by atoms with Crippen molar-refractivity contribution in [2.75, 3.05) is 5.32 Å². The van der Waals surface area contributed by atoms with Gasteiger partial charge in [0.2, 0.25) is 6.41 Å². The van der Waals surface area contributed by atoms with E-state index in [9.17, 15) is 4.79 Å². The van der Waals surface area contributed by atoms with Crippen molar-refractivity contribution in [3.8, 4) is 0 Å². The highest BCUT2D eigenvalue weighted by atomic mass is 16.1. The van der Waals surface area contributed by atoms with Crippen molar-refractivity contribution in [3.05, 3.63) is 12.5 Å². The molecule has 0 fully saturated rings. The number of nitrogens with one attached hydrogen (secondary N) is 1. The average molecular weight is 124 g/mol. The van der Waals surface area contributed by atoms with Gasteiger partial charge in [0.05, 0.1) is 6.20 Å². The van der Waals surface area contributed by atoms with Crippen molar-refractivity contribution in [2.24, 2.45) is 0 Å². The lowest BCUT2D eigenvalue weighted by Gasteiger charge is -1.89. The average Bonchev–Trinajstić information content (AvgIpc) is 1.91. The summed E-state index contributed by atoms with van der Waals surface area (Å²) in [4.78, 5) is 13.4. The molecule has 46 valence electrons. The van der Waals surface area contributed by atoms with Crippen LogP contribution in [0.15, 0.2) is 12.5 Å². The Bertz CT molecular complexity index is 187. The second-order valence-electron chi connectivity index (χ2n) is 1.26. The highest BCUT2D eigenvalue weighted by Crippen LogP contribution is 1.90. The first-order chi connectivity index (χ1) is 4.43. The Morgan fingerprint density at radius 2 is 2.56 bits per heavy atom. The number of nitrogens with zero attached hydrogens (tertiary/aromatic N) is 3. The van der Waals surface area contributed by atoms with Crippen LogP contribution in [0.4, 0.5) is 5.82 Å². The zero-order valence-corrected chi connectivity index (χ0v) is 4.48. The van der Waals surface area contributed by atoms with Crippen LogP contribution >= 0.6 is 0 Å². The molecule has 0 bridgehead atoms. The molecule has 0 aliphatic rings. The standard InChI is InChI=1S/C4H4N4O/c9-3-6-4-1-5-2-7-8-4/h1-3H,(H,6,8,9). The number of anilines is 1. The molecule has 0 saturated heterocycles. The molecule has 0 aliphatic heterocycles. The monoisotopic (exact) mass is 124 g/mol. The largest absolute Gasteiger partial charge is 0.311 e. The van der Waals surface area contributed by atoms with Crippen molar-refractivity contribution in [1.82, 2.24) is 15.2 Å². The minimum absolute atomic E-state index is 0.354. The molecule has 1 aromatic rings. The Balaban J connectivity index is 2.72. The van der Waals surface area contributed by atoms with Gasteiger partial charge in [-0.1, -0.05) is 0 Å². The number of hydrogen-bond acceptors (Lipinski definition) is 4.